The molecule has 168 valence electrons. The quantitative estimate of drug-likeness (QED) is 0.757. The molecule has 1 amide bonds. The number of carbonyl (C=O) groups excluding carboxylic acids is 1. The molecule has 0 aliphatic carbocycles. The normalized spacial score (nSPS) is 22.8. The summed E-state index contributed by atoms with van der Waals surface area (Å²) in [4.78, 5) is 28.9. The number of aliphatic carboxylic acids is 1. The van der Waals surface area contributed by atoms with Crippen LogP contribution in [0.1, 0.15) is 28.1 Å². The Morgan fingerprint density at radius 1 is 1.32 bits per heavy atom. The lowest BCUT2D eigenvalue weighted by atomic mass is 10.0. The molecule has 2 aliphatic rings. The van der Waals surface area contributed by atoms with Crippen LogP contribution in [-0.4, -0.2) is 64.4 Å². The van der Waals surface area contributed by atoms with Gasteiger partial charge in [0.2, 0.25) is 5.88 Å². The van der Waals surface area contributed by atoms with Crippen molar-refractivity contribution < 1.29 is 37.3 Å². The molecule has 2 aromatic rings. The van der Waals surface area contributed by atoms with E-state index in [2.05, 4.69) is 4.98 Å². The van der Waals surface area contributed by atoms with Gasteiger partial charge < -0.3 is 19.5 Å². The van der Waals surface area contributed by atoms with Crippen LogP contribution < -0.4 is 4.74 Å². The van der Waals surface area contributed by atoms with Crippen LogP contribution in [0.15, 0.2) is 35.8 Å². The number of carbonyl (C=O) groups is 2. The second-order valence-electron chi connectivity index (χ2n) is 7.06. The van der Waals surface area contributed by atoms with Crippen LogP contribution >= 0.6 is 11.3 Å². The highest BCUT2D eigenvalue weighted by Crippen LogP contribution is 2.33. The number of fused-ring (bicyclic) bond motifs is 1. The van der Waals surface area contributed by atoms with E-state index in [1.165, 1.54) is 11.3 Å². The lowest BCUT2D eigenvalue weighted by molar-refractivity contribution is -0.192. The van der Waals surface area contributed by atoms with Gasteiger partial charge in [0, 0.05) is 18.9 Å². The first kappa shape index (κ1) is 23.0. The number of hydrogen-bond acceptors (Lipinski definition) is 6. The zero-order valence-electron chi connectivity index (χ0n) is 16.5. The second-order valence-corrected chi connectivity index (χ2v) is 7.98. The van der Waals surface area contributed by atoms with Gasteiger partial charge in [-0.1, -0.05) is 6.07 Å². The van der Waals surface area contributed by atoms with E-state index in [4.69, 9.17) is 19.4 Å². The first-order valence-corrected chi connectivity index (χ1v) is 10.4. The highest BCUT2D eigenvalue weighted by molar-refractivity contribution is 7.12. The Morgan fingerprint density at radius 3 is 2.65 bits per heavy atom. The molecule has 4 rings (SSSR count). The summed E-state index contributed by atoms with van der Waals surface area (Å²) in [6.07, 6.45) is -1.69. The Kier molecular flexibility index (Phi) is 7.16. The number of thiophene rings is 1. The van der Waals surface area contributed by atoms with E-state index in [0.29, 0.717) is 12.4 Å². The zero-order valence-corrected chi connectivity index (χ0v) is 17.4. The number of aryl methyl sites for hydroxylation is 1. The van der Waals surface area contributed by atoms with Crippen LogP contribution in [0.4, 0.5) is 13.2 Å². The van der Waals surface area contributed by atoms with Gasteiger partial charge in [0.25, 0.3) is 5.91 Å². The maximum Gasteiger partial charge on any atom is 0.490 e. The molecule has 1 N–H and O–H groups in total. The third-order valence-electron chi connectivity index (χ3n) is 4.95. The SMILES string of the molecule is Cc1ccsc1C(=O)N1C[C@@H](Oc2ccccn2)[C@H]2OCCC[C@H]21.O=C(O)C(F)(F)F. The fourth-order valence-electron chi connectivity index (χ4n) is 3.54. The third-order valence-corrected chi connectivity index (χ3v) is 5.95. The van der Waals surface area contributed by atoms with Gasteiger partial charge in [-0.3, -0.25) is 4.79 Å². The average molecular weight is 458 g/mol. The molecular weight excluding hydrogens is 437 g/mol. The maximum atomic E-state index is 13.0. The first-order chi connectivity index (χ1) is 14.7. The summed E-state index contributed by atoms with van der Waals surface area (Å²) in [6.45, 7) is 3.25. The minimum Gasteiger partial charge on any atom is -0.475 e. The Hall–Kier alpha value is -2.66. The van der Waals surface area contributed by atoms with Gasteiger partial charge in [0.1, 0.15) is 12.2 Å². The molecule has 0 bridgehead atoms. The van der Waals surface area contributed by atoms with Crippen molar-refractivity contribution >= 4 is 23.2 Å². The summed E-state index contributed by atoms with van der Waals surface area (Å²) in [5, 5.41) is 9.09. The number of hydrogen-bond donors (Lipinski definition) is 1. The number of likely N-dealkylation sites (tertiary alicyclic amines) is 1. The van der Waals surface area contributed by atoms with Gasteiger partial charge in [-0.05, 0) is 42.8 Å². The first-order valence-electron chi connectivity index (χ1n) is 9.53. The van der Waals surface area contributed by atoms with Crippen molar-refractivity contribution in [1.82, 2.24) is 9.88 Å². The van der Waals surface area contributed by atoms with Crippen molar-refractivity contribution in [1.29, 1.82) is 0 Å². The molecule has 0 unspecified atom stereocenters. The standard InChI is InChI=1S/C18H20N2O3S.C2HF3O2/c1-12-7-10-24-17(12)18(21)20-11-14(16-13(20)5-4-9-22-16)23-15-6-2-3-8-19-15;3-2(4,5)1(6)7/h2-3,6-8,10,13-14,16H,4-5,9,11H2,1H3;(H,6,7)/t13-,14-,16+;/m1./s1. The summed E-state index contributed by atoms with van der Waals surface area (Å²) in [6, 6.07) is 7.67. The van der Waals surface area contributed by atoms with Crippen LogP contribution in [0.3, 0.4) is 0 Å². The van der Waals surface area contributed by atoms with Crippen LogP contribution in [0.2, 0.25) is 0 Å². The van der Waals surface area contributed by atoms with Crippen molar-refractivity contribution in [3.63, 3.8) is 0 Å². The lowest BCUT2D eigenvalue weighted by Gasteiger charge is -2.31. The van der Waals surface area contributed by atoms with E-state index in [9.17, 15) is 18.0 Å². The minimum absolute atomic E-state index is 0.0787. The number of rotatable bonds is 3. The number of pyridine rings is 1. The fourth-order valence-corrected chi connectivity index (χ4v) is 4.42. The van der Waals surface area contributed by atoms with Gasteiger partial charge in [0.05, 0.1) is 17.5 Å². The molecule has 0 saturated carbocycles. The van der Waals surface area contributed by atoms with Crippen molar-refractivity contribution in [2.45, 2.75) is 44.2 Å². The summed E-state index contributed by atoms with van der Waals surface area (Å²) in [5.41, 5.74) is 1.03. The van der Waals surface area contributed by atoms with Crippen LogP contribution in [-0.2, 0) is 9.53 Å². The second kappa shape index (κ2) is 9.65. The molecule has 0 radical (unpaired) electrons. The van der Waals surface area contributed by atoms with Crippen molar-refractivity contribution in [3.8, 4) is 5.88 Å². The van der Waals surface area contributed by atoms with Gasteiger partial charge in [0.15, 0.2) is 0 Å². The number of alkyl halides is 3. The molecule has 2 saturated heterocycles. The summed E-state index contributed by atoms with van der Waals surface area (Å²) < 4.78 is 43.8. The fraction of sp³-hybridized carbons (Fsp3) is 0.450. The number of halogens is 3. The number of carboxylic acid groups (broad SMARTS) is 1. The molecule has 2 aliphatic heterocycles. The Labute approximate surface area is 180 Å². The molecule has 11 heteroatoms. The third kappa shape index (κ3) is 5.53. The van der Waals surface area contributed by atoms with Crippen LogP contribution in [0, 0.1) is 6.92 Å². The predicted molar refractivity (Wildman–Crippen MR) is 105 cm³/mol. The van der Waals surface area contributed by atoms with Gasteiger partial charge in [-0.25, -0.2) is 9.78 Å². The number of carboxylic acids is 1. The maximum absolute atomic E-state index is 13.0. The predicted octanol–water partition coefficient (Wildman–Crippen LogP) is 3.54. The van der Waals surface area contributed by atoms with Crippen molar-refractivity contribution in [2.24, 2.45) is 0 Å². The van der Waals surface area contributed by atoms with Crippen molar-refractivity contribution in [2.75, 3.05) is 13.2 Å². The highest BCUT2D eigenvalue weighted by atomic mass is 32.1. The largest absolute Gasteiger partial charge is 0.490 e. The lowest BCUT2D eigenvalue weighted by Crippen LogP contribution is -2.44. The molecule has 0 spiro atoms. The Morgan fingerprint density at radius 2 is 2.06 bits per heavy atom. The monoisotopic (exact) mass is 458 g/mol. The topological polar surface area (TPSA) is 89.0 Å². The Balaban J connectivity index is 0.000000339. The molecule has 31 heavy (non-hydrogen) atoms. The van der Waals surface area contributed by atoms with E-state index in [0.717, 1.165) is 29.9 Å². The van der Waals surface area contributed by atoms with Crippen LogP contribution in [0.25, 0.3) is 0 Å². The van der Waals surface area contributed by atoms with Gasteiger partial charge in [-0.2, -0.15) is 13.2 Å². The molecule has 0 aromatic carbocycles. The molecule has 4 heterocycles. The van der Waals surface area contributed by atoms with Crippen LogP contribution in [0.5, 0.6) is 5.88 Å². The van der Waals surface area contributed by atoms with E-state index < -0.39 is 12.1 Å². The van der Waals surface area contributed by atoms with E-state index >= 15 is 0 Å². The summed E-state index contributed by atoms with van der Waals surface area (Å²) >= 11 is 1.50. The average Bonchev–Trinajstić information content (AvgIpc) is 3.32. The smallest absolute Gasteiger partial charge is 0.475 e. The van der Waals surface area contributed by atoms with Gasteiger partial charge >= 0.3 is 12.1 Å². The van der Waals surface area contributed by atoms with Gasteiger partial charge in [-0.15, -0.1) is 11.3 Å². The number of nitrogens with zero attached hydrogens (tertiary/aromatic N) is 2. The number of ether oxygens (including phenoxy) is 2. The number of amides is 1. The number of aromatic nitrogens is 1. The van der Waals surface area contributed by atoms with E-state index in [1.807, 2.05) is 41.5 Å². The molecule has 7 nitrogen and oxygen atoms in total. The summed E-state index contributed by atoms with van der Waals surface area (Å²) in [7, 11) is 0. The molecule has 2 aromatic heterocycles. The van der Waals surface area contributed by atoms with Crippen molar-refractivity contribution in [3.05, 3.63) is 46.3 Å². The molecule has 2 fully saturated rings. The highest BCUT2D eigenvalue weighted by Gasteiger charge is 2.48. The molecular formula is C20H21F3N2O5S. The minimum atomic E-state index is -5.08. The zero-order chi connectivity index (χ0) is 22.6. The van der Waals surface area contributed by atoms with E-state index in [1.54, 1.807) is 6.20 Å². The van der Waals surface area contributed by atoms with E-state index in [-0.39, 0.29) is 24.2 Å². The summed E-state index contributed by atoms with van der Waals surface area (Å²) in [5.74, 6) is -2.08. The molecule has 3 atom stereocenters. The Bertz CT molecular complexity index is 906.